The maximum atomic E-state index is 14.7. The number of nitrogens with one attached hydrogen (secondary N) is 8. The third kappa shape index (κ3) is 29.3. The normalized spacial score (nSPS) is 19.0. The molecule has 0 saturated carbocycles. The Balaban J connectivity index is 1.41. The Bertz CT molecular complexity index is 3110. The molecule has 2 heterocycles. The smallest absolute Gasteiger partial charge is 0.379 e. The zero-order valence-corrected chi connectivity index (χ0v) is 67.5. The Morgan fingerprint density at radius 1 is 0.705 bits per heavy atom. The van der Waals surface area contributed by atoms with Gasteiger partial charge in [-0.3, -0.25) is 53.0 Å². The van der Waals surface area contributed by atoms with Gasteiger partial charge in [0.2, 0.25) is 53.2 Å². The van der Waals surface area contributed by atoms with Crippen molar-refractivity contribution in [2.24, 2.45) is 41.2 Å². The van der Waals surface area contributed by atoms with E-state index in [1.54, 1.807) is 61.9 Å². The van der Waals surface area contributed by atoms with E-state index in [9.17, 15) is 61.1 Å². The van der Waals surface area contributed by atoms with Gasteiger partial charge >= 0.3 is 12.2 Å². The van der Waals surface area contributed by atoms with Crippen molar-refractivity contribution in [2.45, 2.75) is 250 Å². The fourth-order valence-corrected chi connectivity index (χ4v) is 14.7. The summed E-state index contributed by atoms with van der Waals surface area (Å²) in [4.78, 5) is 144. The van der Waals surface area contributed by atoms with Gasteiger partial charge in [-0.05, 0) is 136 Å². The van der Waals surface area contributed by atoms with Crippen LogP contribution >= 0.6 is 0 Å². The molecule has 0 spiro atoms. The molecule has 10 N–H and O–H groups in total. The van der Waals surface area contributed by atoms with Crippen LogP contribution in [0.4, 0.5) is 23.7 Å². The van der Waals surface area contributed by atoms with E-state index >= 15 is 0 Å². The molecule has 2 fully saturated rings. The van der Waals surface area contributed by atoms with E-state index in [2.05, 4.69) is 56.4 Å². The van der Waals surface area contributed by atoms with Crippen molar-refractivity contribution in [3.8, 4) is 0 Å². The number of halogens is 3. The average Bonchev–Trinajstić information content (AvgIpc) is 1.74. The monoisotopic (exact) mass is 1500 g/mol. The SMILES string of the molecule is CCCCC(C)[C@@H](C(=O)N[C@H](C(=O)N(C)[C@@H]([C@@H](C)CC)[C@@H](CC(=O)N1CCC[C@H]1[C@H](OC)[C@@H](C)C(=O)N[C@H](CC(=O)NCc1ccc(NC(=O)[C@H](CCCNC(N)=O)NC(=O)[C@@H](NC(=O)CCCN2CCC(C(=O)N[C](C)(C)[AlH2])CC2C(F)(F)F)C(C)C)cc1)Cc1ccccc1)OC)C(C)C)N(C)C. The van der Waals surface area contributed by atoms with Gasteiger partial charge in [-0.2, -0.15) is 13.2 Å². The Hall–Kier alpha value is -6.90. The molecule has 25 nitrogen and oxygen atoms in total. The van der Waals surface area contributed by atoms with E-state index in [1.807, 2.05) is 90.9 Å². The molecular weight excluding hydrogens is 1370 g/mol. The van der Waals surface area contributed by atoms with E-state index in [0.29, 0.717) is 59.8 Å². The maximum absolute atomic E-state index is 14.7. The number of anilines is 1. The van der Waals surface area contributed by atoms with Crippen molar-refractivity contribution in [3.05, 3.63) is 65.7 Å². The van der Waals surface area contributed by atoms with Crippen molar-refractivity contribution in [2.75, 3.05) is 66.9 Å². The molecule has 2 aromatic carbocycles. The molecule has 2 aliphatic heterocycles. The highest BCUT2D eigenvalue weighted by Gasteiger charge is 2.49. The number of ether oxygens (including phenoxy) is 2. The molecule has 2 aromatic rings. The highest BCUT2D eigenvalue weighted by molar-refractivity contribution is 6.16. The summed E-state index contributed by atoms with van der Waals surface area (Å²) in [6.45, 7) is 21.3. The number of piperidine rings is 1. The van der Waals surface area contributed by atoms with Crippen LogP contribution in [-0.2, 0) is 65.6 Å². The van der Waals surface area contributed by atoms with E-state index in [1.165, 1.54) is 19.1 Å². The molecule has 105 heavy (non-hydrogen) atoms. The van der Waals surface area contributed by atoms with E-state index in [4.69, 9.17) is 15.2 Å². The lowest BCUT2D eigenvalue weighted by molar-refractivity contribution is -0.196. The summed E-state index contributed by atoms with van der Waals surface area (Å²) >= 11 is 0.615. The Labute approximate surface area is 629 Å². The van der Waals surface area contributed by atoms with Gasteiger partial charge in [0, 0.05) is 71.4 Å². The first-order valence-corrected chi connectivity index (χ1v) is 38.7. The highest BCUT2D eigenvalue weighted by atomic mass is 27.0. The molecule has 0 aromatic heterocycles. The number of benzene rings is 2. The van der Waals surface area contributed by atoms with Crippen LogP contribution in [0.5, 0.6) is 0 Å². The third-order valence-electron chi connectivity index (χ3n) is 20.4. The van der Waals surface area contributed by atoms with Crippen LogP contribution in [0.15, 0.2) is 54.6 Å². The third-order valence-corrected chi connectivity index (χ3v) is 20.6. The van der Waals surface area contributed by atoms with Crippen molar-refractivity contribution in [1.82, 2.24) is 56.8 Å². The van der Waals surface area contributed by atoms with Crippen LogP contribution in [0.25, 0.3) is 0 Å². The first-order valence-electron chi connectivity index (χ1n) is 37.7. The number of amides is 11. The zero-order chi connectivity index (χ0) is 78.6. The molecular formula is C76H125AlF3N13O12. The summed E-state index contributed by atoms with van der Waals surface area (Å²) in [5.41, 5.74) is 7.16. The van der Waals surface area contributed by atoms with Gasteiger partial charge in [-0.1, -0.05) is 138 Å². The molecule has 14 atom stereocenters. The number of unbranched alkanes of at least 4 members (excludes halogenated alkanes) is 1. The molecule has 0 aliphatic carbocycles. The van der Waals surface area contributed by atoms with Gasteiger partial charge in [-0.25, -0.2) is 4.79 Å². The quantitative estimate of drug-likeness (QED) is 0.0265. The van der Waals surface area contributed by atoms with Gasteiger partial charge in [0.05, 0.1) is 42.7 Å². The average molecular weight is 1500 g/mol. The van der Waals surface area contributed by atoms with Gasteiger partial charge in [-0.15, -0.1) is 0 Å². The number of alkyl halides is 3. The number of rotatable bonds is 43. The van der Waals surface area contributed by atoms with Gasteiger partial charge < -0.3 is 67.5 Å². The molecule has 0 radical (unpaired) electrons. The predicted octanol–water partition coefficient (Wildman–Crippen LogP) is 6.16. The van der Waals surface area contributed by atoms with Gasteiger partial charge in [0.1, 0.15) is 24.2 Å². The number of primary amides is 1. The van der Waals surface area contributed by atoms with Crippen LogP contribution in [0.1, 0.15) is 177 Å². The number of likely N-dealkylation sites (N-methyl/N-ethyl adjacent to an activating group) is 2. The van der Waals surface area contributed by atoms with Crippen molar-refractivity contribution < 1.29 is 70.6 Å². The zero-order valence-electron chi connectivity index (χ0n) is 65.5. The molecule has 590 valence electrons. The number of hydrogen-bond donors (Lipinski definition) is 9. The minimum absolute atomic E-state index is 0.0190. The molecule has 2 saturated heterocycles. The van der Waals surface area contributed by atoms with Crippen molar-refractivity contribution >= 4 is 81.2 Å². The molecule has 4 rings (SSSR count). The van der Waals surface area contributed by atoms with E-state index in [0.717, 1.165) is 24.8 Å². The lowest BCUT2D eigenvalue weighted by atomic mass is 9.89. The molecule has 3 unspecified atom stereocenters. The molecule has 0 bridgehead atoms. The summed E-state index contributed by atoms with van der Waals surface area (Å²) in [6, 6.07) is 8.12. The lowest BCUT2D eigenvalue weighted by Gasteiger charge is -2.41. The fraction of sp³-hybridized carbons (Fsp3) is 0.711. The molecule has 2 aliphatic rings. The number of nitrogens with two attached hydrogens (primary N) is 1. The van der Waals surface area contributed by atoms with E-state index in [-0.39, 0.29) is 118 Å². The number of likely N-dealkylation sites (tertiary alicyclic amines) is 2. The van der Waals surface area contributed by atoms with Gasteiger partial charge in [0.15, 0.2) is 0 Å². The second-order valence-electron chi connectivity index (χ2n) is 30.9. The Kier molecular flexibility index (Phi) is 37.7. The lowest BCUT2D eigenvalue weighted by Crippen LogP contribution is -2.60. The second-order valence-corrected chi connectivity index (χ2v) is 33.4. The van der Waals surface area contributed by atoms with Crippen molar-refractivity contribution in [1.29, 1.82) is 0 Å². The van der Waals surface area contributed by atoms with Crippen LogP contribution < -0.4 is 48.3 Å². The van der Waals surface area contributed by atoms with Crippen LogP contribution in [0, 0.1) is 35.5 Å². The van der Waals surface area contributed by atoms with Gasteiger partial charge in [0.25, 0.3) is 16.3 Å². The fourth-order valence-electron chi connectivity index (χ4n) is 14.4. The summed E-state index contributed by atoms with van der Waals surface area (Å²) in [5.74, 6) is -6.07. The summed E-state index contributed by atoms with van der Waals surface area (Å²) in [5, 5.41) is 22.7. The summed E-state index contributed by atoms with van der Waals surface area (Å²) in [6.07, 6.45) is -1.21. The molecule has 11 amide bonds. The second kappa shape index (κ2) is 43.8. The van der Waals surface area contributed by atoms with E-state index < -0.39 is 125 Å². The summed E-state index contributed by atoms with van der Waals surface area (Å²) < 4.78 is 54.8. The Morgan fingerprint density at radius 3 is 1.93 bits per heavy atom. The minimum Gasteiger partial charge on any atom is -0.379 e. The maximum Gasteiger partial charge on any atom is 0.404 e. The predicted molar refractivity (Wildman–Crippen MR) is 402 cm³/mol. The number of carbonyl (C=O) groups is 10. The number of methoxy groups -OCH3 is 2. The van der Waals surface area contributed by atoms with Crippen LogP contribution in [0.2, 0.25) is 0 Å². The highest BCUT2D eigenvalue weighted by Crippen LogP contribution is 2.36. The Morgan fingerprint density at radius 2 is 1.36 bits per heavy atom. The number of carbonyl (C=O) groups excluding carboxylic acids is 10. The topological polar surface area (TPSA) is 324 Å². The first kappa shape index (κ1) is 90.5. The number of urea groups is 1. The first-order chi connectivity index (χ1) is 49.4. The summed E-state index contributed by atoms with van der Waals surface area (Å²) in [7, 11) is 8.52. The van der Waals surface area contributed by atoms with Crippen LogP contribution in [0.3, 0.4) is 0 Å². The minimum atomic E-state index is -4.60. The largest absolute Gasteiger partial charge is 0.404 e. The number of nitrogens with zero attached hydrogens (tertiary/aromatic N) is 4. The van der Waals surface area contributed by atoms with Crippen molar-refractivity contribution in [3.63, 3.8) is 0 Å². The number of hydrogen-bond acceptors (Lipinski definition) is 14. The standard InChI is InChI=1S/C76H123F3N13O12.Al.2H/c1-17-19-26-50(10)67(89(12)13)73(100)88-65(47(5)6)74(101)90(14)66(49(9)18-2)59(103-15)44-63(95)92-39-24-30-58(92)68(104-16)51(11)69(96)85-56(41-52-27-21-20-22-28-52)43-62(94)82-45-53-32-34-55(35-33-53)84-71(98)57(29-23-37-81-75(80)102)86-72(99)64(46(3)4)87-61(93)31-25-38-91-40-36-54(70(97)83-48(7)8)42-60(91)76(77,78)79;;;/h20-22,27-28,32-35,46-47,49-51,54,56-60,64-68H,17-19,23-26,29-31,36-45H2,1-16H3,(H,82,94)(H,83,97)(H,84,98)(H,85,96)(H,86,99)(H,87,93)(H,88,100)(H3,80,81,102);;;/t49-,50?,51+,54?,56-,57-,58-,59+,60?,64-,65-,66-,67-,68+;;;/m0.../s1. The van der Waals surface area contributed by atoms with Crippen LogP contribution in [-0.4, -0.2) is 228 Å². The molecule has 29 heteroatoms.